The van der Waals surface area contributed by atoms with Gasteiger partial charge in [-0.3, -0.25) is 4.79 Å². The molecule has 0 saturated heterocycles. The highest BCUT2D eigenvalue weighted by Gasteiger charge is 2.42. The first-order valence-electron chi connectivity index (χ1n) is 12.9. The van der Waals surface area contributed by atoms with Crippen molar-refractivity contribution in [3.05, 3.63) is 74.5 Å². The number of benzene rings is 2. The normalized spacial score (nSPS) is 20.0. The van der Waals surface area contributed by atoms with Crippen molar-refractivity contribution in [1.29, 1.82) is 0 Å². The first kappa shape index (κ1) is 27.8. The average molecular weight is 585 g/mol. The molecule has 0 radical (unpaired) electrons. The van der Waals surface area contributed by atoms with E-state index < -0.39 is 11.9 Å². The maximum Gasteiger partial charge on any atom is 0.337 e. The predicted molar refractivity (Wildman–Crippen MR) is 148 cm³/mol. The highest BCUT2D eigenvalue weighted by Crippen LogP contribution is 2.48. The Bertz CT molecular complexity index is 1300. The molecular formula is C30H34BrNO6. The third-order valence-corrected chi connectivity index (χ3v) is 7.81. The Kier molecular flexibility index (Phi) is 8.51. The van der Waals surface area contributed by atoms with Gasteiger partial charge in [0, 0.05) is 29.3 Å². The van der Waals surface area contributed by atoms with E-state index in [4.69, 9.17) is 14.2 Å². The third-order valence-electron chi connectivity index (χ3n) is 7.20. The number of dihydropyridines is 1. The first-order valence-corrected chi connectivity index (χ1v) is 13.7. The van der Waals surface area contributed by atoms with Crippen molar-refractivity contribution in [2.45, 2.75) is 64.9 Å². The molecule has 1 aliphatic heterocycles. The molecule has 0 bridgehead atoms. The van der Waals surface area contributed by atoms with Gasteiger partial charge >= 0.3 is 5.97 Å². The molecule has 2 aliphatic rings. The number of allylic oxidation sites excluding steroid dienone is 3. The number of ether oxygens (including phenoxy) is 3. The van der Waals surface area contributed by atoms with Crippen molar-refractivity contribution in [2.24, 2.45) is 0 Å². The second kappa shape index (κ2) is 11.6. The number of aromatic hydroxyl groups is 1. The lowest BCUT2D eigenvalue weighted by Gasteiger charge is -2.37. The van der Waals surface area contributed by atoms with Crippen LogP contribution in [0.2, 0.25) is 0 Å². The Morgan fingerprint density at radius 3 is 2.50 bits per heavy atom. The van der Waals surface area contributed by atoms with E-state index in [0.717, 1.165) is 17.0 Å². The molecule has 0 aromatic heterocycles. The molecule has 1 aliphatic carbocycles. The van der Waals surface area contributed by atoms with Gasteiger partial charge in [-0.25, -0.2) is 4.79 Å². The molecule has 2 N–H and O–H groups in total. The molecule has 0 spiro atoms. The van der Waals surface area contributed by atoms with Crippen LogP contribution in [0.15, 0.2) is 63.4 Å². The molecule has 3 atom stereocenters. The standard InChI is InChI=1S/C30H34BrNO6/c1-6-16(3)38-30(35)26-17(4)32-23-13-19(18-8-10-21(36-5)11-9-18)14-24(33)28(23)27(26)20-12-22(31)29(34)25(15-20)37-7-2/h8-12,15-16,19,27,32,34H,6-7,13-14H2,1-5H3/t16-,19-,27+/m0/s1. The predicted octanol–water partition coefficient (Wildman–Crippen LogP) is 6.27. The number of rotatable bonds is 8. The van der Waals surface area contributed by atoms with E-state index >= 15 is 0 Å². The summed E-state index contributed by atoms with van der Waals surface area (Å²) in [6, 6.07) is 11.2. The fraction of sp³-hybridized carbons (Fsp3) is 0.400. The Morgan fingerprint density at radius 1 is 1.16 bits per heavy atom. The number of hydrogen-bond donors (Lipinski definition) is 2. The van der Waals surface area contributed by atoms with Gasteiger partial charge in [-0.05, 0) is 90.9 Å². The number of phenols is 1. The molecule has 2 aromatic carbocycles. The Morgan fingerprint density at radius 2 is 1.87 bits per heavy atom. The van der Waals surface area contributed by atoms with Gasteiger partial charge in [0.05, 0.1) is 29.9 Å². The maximum atomic E-state index is 13.8. The van der Waals surface area contributed by atoms with E-state index in [1.807, 2.05) is 52.0 Å². The van der Waals surface area contributed by atoms with Crippen LogP contribution < -0.4 is 14.8 Å². The van der Waals surface area contributed by atoms with E-state index in [-0.39, 0.29) is 29.3 Å². The van der Waals surface area contributed by atoms with Crippen LogP contribution in [0.4, 0.5) is 0 Å². The molecule has 1 heterocycles. The Hall–Kier alpha value is -3.26. The lowest BCUT2D eigenvalue weighted by molar-refractivity contribution is -0.144. The zero-order chi connectivity index (χ0) is 27.6. The summed E-state index contributed by atoms with van der Waals surface area (Å²) in [6.45, 7) is 7.81. The fourth-order valence-corrected chi connectivity index (χ4v) is 5.57. The quantitative estimate of drug-likeness (QED) is 0.354. The largest absolute Gasteiger partial charge is 0.503 e. The topological polar surface area (TPSA) is 94.1 Å². The monoisotopic (exact) mass is 583 g/mol. The van der Waals surface area contributed by atoms with Crippen LogP contribution in [0.25, 0.3) is 0 Å². The van der Waals surface area contributed by atoms with Crippen LogP contribution in [0.1, 0.15) is 69.9 Å². The number of nitrogens with one attached hydrogen (secondary N) is 1. The van der Waals surface area contributed by atoms with Crippen LogP contribution in [0.5, 0.6) is 17.2 Å². The fourth-order valence-electron chi connectivity index (χ4n) is 5.11. The van der Waals surface area contributed by atoms with Gasteiger partial charge < -0.3 is 24.6 Å². The first-order chi connectivity index (χ1) is 18.2. The summed E-state index contributed by atoms with van der Waals surface area (Å²) < 4.78 is 17.1. The second-order valence-electron chi connectivity index (χ2n) is 9.70. The molecular weight excluding hydrogens is 550 g/mol. The van der Waals surface area contributed by atoms with Gasteiger partial charge in [-0.1, -0.05) is 19.1 Å². The van der Waals surface area contributed by atoms with Gasteiger partial charge in [0.25, 0.3) is 0 Å². The van der Waals surface area contributed by atoms with Crippen LogP contribution >= 0.6 is 15.9 Å². The second-order valence-corrected chi connectivity index (χ2v) is 10.6. The maximum absolute atomic E-state index is 13.8. The SMILES string of the molecule is CCOc1cc([C@@H]2C(C(=O)O[C@@H](C)CC)=C(C)NC3=C2C(=O)C[C@@H](c2ccc(OC)cc2)C3)cc(Br)c1O. The summed E-state index contributed by atoms with van der Waals surface area (Å²) in [7, 11) is 1.62. The van der Waals surface area contributed by atoms with Gasteiger partial charge in [0.2, 0.25) is 0 Å². The Labute approximate surface area is 232 Å². The van der Waals surface area contributed by atoms with E-state index in [1.165, 1.54) is 0 Å². The zero-order valence-corrected chi connectivity index (χ0v) is 24.0. The average Bonchev–Trinajstić information content (AvgIpc) is 2.90. The molecule has 0 fully saturated rings. The molecule has 7 nitrogen and oxygen atoms in total. The van der Waals surface area contributed by atoms with Crippen molar-refractivity contribution in [3.8, 4) is 17.2 Å². The van der Waals surface area contributed by atoms with Gasteiger partial charge in [0.15, 0.2) is 17.3 Å². The summed E-state index contributed by atoms with van der Waals surface area (Å²) >= 11 is 3.42. The van der Waals surface area contributed by atoms with Crippen LogP contribution in [0.3, 0.4) is 0 Å². The molecule has 202 valence electrons. The Balaban J connectivity index is 1.82. The molecule has 0 amide bonds. The number of hydrogen-bond acceptors (Lipinski definition) is 7. The third kappa shape index (κ3) is 5.46. The van der Waals surface area contributed by atoms with E-state index in [0.29, 0.717) is 52.7 Å². The summed E-state index contributed by atoms with van der Waals surface area (Å²) in [4.78, 5) is 27.3. The molecule has 0 unspecified atom stereocenters. The highest BCUT2D eigenvalue weighted by atomic mass is 79.9. The number of Topliss-reactive ketones (excluding diaryl/α,β-unsaturated/α-hetero) is 1. The van der Waals surface area contributed by atoms with Gasteiger partial charge in [-0.2, -0.15) is 0 Å². The van der Waals surface area contributed by atoms with Crippen molar-refractivity contribution < 1.29 is 28.9 Å². The molecule has 2 aromatic rings. The lowest BCUT2D eigenvalue weighted by atomic mass is 9.71. The zero-order valence-electron chi connectivity index (χ0n) is 22.4. The van der Waals surface area contributed by atoms with Crippen LogP contribution in [-0.2, 0) is 14.3 Å². The number of methoxy groups -OCH3 is 1. The summed E-state index contributed by atoms with van der Waals surface area (Å²) in [5.74, 6) is -0.156. The minimum atomic E-state index is -0.664. The minimum absolute atomic E-state index is 0.00717. The number of carbonyl (C=O) groups is 2. The molecule has 4 rings (SSSR count). The number of halogens is 1. The van der Waals surface area contributed by atoms with E-state index in [1.54, 1.807) is 19.2 Å². The van der Waals surface area contributed by atoms with Crippen molar-refractivity contribution in [3.63, 3.8) is 0 Å². The van der Waals surface area contributed by atoms with E-state index in [9.17, 15) is 14.7 Å². The molecule has 0 saturated carbocycles. The van der Waals surface area contributed by atoms with E-state index in [2.05, 4.69) is 21.2 Å². The number of ketones is 1. The summed E-state index contributed by atoms with van der Waals surface area (Å²) in [5.41, 5.74) is 4.11. The van der Waals surface area contributed by atoms with Crippen molar-refractivity contribution in [1.82, 2.24) is 5.32 Å². The molecule has 38 heavy (non-hydrogen) atoms. The smallest absolute Gasteiger partial charge is 0.337 e. The van der Waals surface area contributed by atoms with Gasteiger partial charge in [0.1, 0.15) is 5.75 Å². The number of phenolic OH excluding ortho intramolecular Hbond substituents is 1. The number of esters is 1. The van der Waals surface area contributed by atoms with Crippen LogP contribution in [-0.4, -0.2) is 36.7 Å². The summed E-state index contributed by atoms with van der Waals surface area (Å²) in [6.07, 6.45) is 1.33. The highest BCUT2D eigenvalue weighted by molar-refractivity contribution is 9.10. The van der Waals surface area contributed by atoms with Gasteiger partial charge in [-0.15, -0.1) is 0 Å². The van der Waals surface area contributed by atoms with Crippen molar-refractivity contribution >= 4 is 27.7 Å². The molecule has 8 heteroatoms. The minimum Gasteiger partial charge on any atom is -0.503 e. The van der Waals surface area contributed by atoms with Crippen LogP contribution in [0, 0.1) is 0 Å². The number of carbonyl (C=O) groups excluding carboxylic acids is 2. The lowest BCUT2D eigenvalue weighted by Crippen LogP contribution is -2.36. The van der Waals surface area contributed by atoms with Crippen molar-refractivity contribution in [2.75, 3.05) is 13.7 Å². The summed E-state index contributed by atoms with van der Waals surface area (Å²) in [5, 5.41) is 13.9.